The van der Waals surface area contributed by atoms with E-state index in [2.05, 4.69) is 4.98 Å². The van der Waals surface area contributed by atoms with Crippen LogP contribution in [0.3, 0.4) is 0 Å². The molecule has 1 aromatic heterocycles. The maximum Gasteiger partial charge on any atom is 0.262 e. The van der Waals surface area contributed by atoms with Crippen LogP contribution in [0, 0.1) is 11.6 Å². The number of anilines is 2. The number of nitrogens with zero attached hydrogens (tertiary/aromatic N) is 1. The summed E-state index contributed by atoms with van der Waals surface area (Å²) < 4.78 is 58.0. The van der Waals surface area contributed by atoms with Crippen molar-refractivity contribution in [2.45, 2.75) is 4.90 Å². The summed E-state index contributed by atoms with van der Waals surface area (Å²) in [4.78, 5) is 3.04. The second kappa shape index (κ2) is 5.52. The summed E-state index contributed by atoms with van der Waals surface area (Å²) in [5, 5.41) is 0. The molecule has 3 N–H and O–H groups in total. The van der Waals surface area contributed by atoms with Gasteiger partial charge >= 0.3 is 0 Å². The highest BCUT2D eigenvalue weighted by Gasteiger charge is 2.20. The van der Waals surface area contributed by atoms with E-state index in [1.54, 1.807) is 0 Å². The first kappa shape index (κ1) is 15.0. The number of nitrogens with two attached hydrogens (primary N) is 1. The number of nitrogens with one attached hydrogen (secondary N) is 1. The van der Waals surface area contributed by atoms with Gasteiger partial charge in [0.2, 0.25) is 0 Å². The molecule has 0 saturated carbocycles. The van der Waals surface area contributed by atoms with E-state index < -0.39 is 26.6 Å². The minimum Gasteiger partial charge on any atom is -0.492 e. The molecule has 0 radical (unpaired) electrons. The van der Waals surface area contributed by atoms with E-state index in [0.717, 1.165) is 24.4 Å². The summed E-state index contributed by atoms with van der Waals surface area (Å²) in [6, 6.07) is 2.89. The fourth-order valence-corrected chi connectivity index (χ4v) is 2.73. The monoisotopic (exact) mass is 315 g/mol. The lowest BCUT2D eigenvalue weighted by molar-refractivity contribution is 0.388. The van der Waals surface area contributed by atoms with Gasteiger partial charge in [0.1, 0.15) is 0 Å². The van der Waals surface area contributed by atoms with Crippen LogP contribution in [0.1, 0.15) is 0 Å². The van der Waals surface area contributed by atoms with Crippen LogP contribution >= 0.6 is 0 Å². The van der Waals surface area contributed by atoms with Crippen LogP contribution in [0.25, 0.3) is 0 Å². The van der Waals surface area contributed by atoms with E-state index in [1.807, 2.05) is 4.72 Å². The number of nitrogen functional groups attached to an aromatic ring is 1. The minimum absolute atomic E-state index is 0.187. The Bertz CT molecular complexity index is 758. The number of methoxy groups -OCH3 is 1. The van der Waals surface area contributed by atoms with Crippen molar-refractivity contribution in [2.75, 3.05) is 17.6 Å². The normalized spacial score (nSPS) is 11.2. The van der Waals surface area contributed by atoms with Crippen molar-refractivity contribution in [1.29, 1.82) is 0 Å². The average Bonchev–Trinajstić information content (AvgIpc) is 2.41. The summed E-state index contributed by atoms with van der Waals surface area (Å²) in [7, 11) is -3.00. The van der Waals surface area contributed by atoms with Gasteiger partial charge in [0.05, 0.1) is 29.6 Å². The maximum absolute atomic E-state index is 13.7. The van der Waals surface area contributed by atoms with Crippen LogP contribution in [-0.2, 0) is 10.0 Å². The largest absolute Gasteiger partial charge is 0.492 e. The quantitative estimate of drug-likeness (QED) is 0.838. The van der Waals surface area contributed by atoms with Crippen LogP contribution in [-0.4, -0.2) is 20.5 Å². The van der Waals surface area contributed by atoms with Gasteiger partial charge in [0, 0.05) is 6.20 Å². The Labute approximate surface area is 119 Å². The third kappa shape index (κ3) is 3.02. The molecule has 0 aliphatic rings. The van der Waals surface area contributed by atoms with Crippen molar-refractivity contribution < 1.29 is 21.9 Å². The van der Waals surface area contributed by atoms with Crippen LogP contribution in [0.5, 0.6) is 5.75 Å². The van der Waals surface area contributed by atoms with Gasteiger partial charge in [0.15, 0.2) is 17.4 Å². The molecule has 112 valence electrons. The SMILES string of the molecule is COc1c(N)cc(S(=O)(=O)Nc2ccncc2F)cc1F. The Morgan fingerprint density at radius 3 is 2.57 bits per heavy atom. The van der Waals surface area contributed by atoms with E-state index in [1.165, 1.54) is 13.3 Å². The molecule has 0 saturated heterocycles. The molecule has 0 amide bonds. The first-order valence-electron chi connectivity index (χ1n) is 5.60. The number of rotatable bonds is 4. The molecule has 0 fully saturated rings. The first-order valence-corrected chi connectivity index (χ1v) is 7.09. The second-order valence-corrected chi connectivity index (χ2v) is 5.67. The zero-order valence-corrected chi connectivity index (χ0v) is 11.6. The highest BCUT2D eigenvalue weighted by atomic mass is 32.2. The summed E-state index contributed by atoms with van der Waals surface area (Å²) in [5.41, 5.74) is 5.02. The molecule has 0 spiro atoms. The van der Waals surface area contributed by atoms with Gasteiger partial charge in [-0.1, -0.05) is 0 Å². The van der Waals surface area contributed by atoms with Gasteiger partial charge in [0.25, 0.3) is 10.0 Å². The van der Waals surface area contributed by atoms with Gasteiger partial charge in [-0.3, -0.25) is 9.71 Å². The molecular weight excluding hydrogens is 304 g/mol. The zero-order chi connectivity index (χ0) is 15.6. The number of pyridine rings is 1. The van der Waals surface area contributed by atoms with E-state index in [4.69, 9.17) is 10.5 Å². The predicted octanol–water partition coefficient (Wildman–Crippen LogP) is 1.75. The Morgan fingerprint density at radius 1 is 1.29 bits per heavy atom. The molecule has 0 aliphatic carbocycles. The van der Waals surface area contributed by atoms with E-state index in [0.29, 0.717) is 0 Å². The smallest absolute Gasteiger partial charge is 0.262 e. The van der Waals surface area contributed by atoms with Gasteiger partial charge in [-0.25, -0.2) is 17.2 Å². The summed E-state index contributed by atoms with van der Waals surface area (Å²) in [6.07, 6.45) is 2.06. The number of hydrogen-bond donors (Lipinski definition) is 2. The van der Waals surface area contributed by atoms with Gasteiger partial charge in [-0.05, 0) is 18.2 Å². The number of hydrogen-bond acceptors (Lipinski definition) is 5. The predicted molar refractivity (Wildman–Crippen MR) is 72.4 cm³/mol. The van der Waals surface area contributed by atoms with Crippen LogP contribution in [0.2, 0.25) is 0 Å². The molecule has 2 rings (SSSR count). The third-order valence-electron chi connectivity index (χ3n) is 2.58. The molecule has 0 aliphatic heterocycles. The van der Waals surface area contributed by atoms with Crippen molar-refractivity contribution in [1.82, 2.24) is 4.98 Å². The molecule has 6 nitrogen and oxygen atoms in total. The Hall–Kier alpha value is -2.42. The average molecular weight is 315 g/mol. The van der Waals surface area contributed by atoms with E-state index in [9.17, 15) is 17.2 Å². The Balaban J connectivity index is 2.43. The zero-order valence-electron chi connectivity index (χ0n) is 10.8. The maximum atomic E-state index is 13.7. The number of ether oxygens (including phenoxy) is 1. The molecular formula is C12H11F2N3O3S. The first-order chi connectivity index (χ1) is 9.85. The standard InChI is InChI=1S/C12H11F2N3O3S/c1-20-12-8(13)4-7(5-10(12)15)21(18,19)17-11-2-3-16-6-9(11)14/h2-6H,15H2,1H3,(H,16,17). The lowest BCUT2D eigenvalue weighted by Crippen LogP contribution is -2.15. The molecule has 9 heteroatoms. The van der Waals surface area contributed by atoms with Crippen LogP contribution in [0.4, 0.5) is 20.2 Å². The number of benzene rings is 1. The van der Waals surface area contributed by atoms with E-state index in [-0.39, 0.29) is 17.1 Å². The Morgan fingerprint density at radius 2 is 2.00 bits per heavy atom. The van der Waals surface area contributed by atoms with E-state index >= 15 is 0 Å². The molecule has 1 heterocycles. The number of halogens is 2. The lowest BCUT2D eigenvalue weighted by Gasteiger charge is -2.11. The summed E-state index contributed by atoms with van der Waals surface area (Å²) in [5.74, 6) is -2.06. The van der Waals surface area contributed by atoms with Crippen LogP contribution in [0.15, 0.2) is 35.5 Å². The fraction of sp³-hybridized carbons (Fsp3) is 0.0833. The summed E-state index contributed by atoms with van der Waals surface area (Å²) in [6.45, 7) is 0. The molecule has 0 atom stereocenters. The van der Waals surface area contributed by atoms with Crippen molar-refractivity contribution >= 4 is 21.4 Å². The van der Waals surface area contributed by atoms with Crippen molar-refractivity contribution in [3.05, 3.63) is 42.2 Å². The van der Waals surface area contributed by atoms with Crippen molar-refractivity contribution in [3.63, 3.8) is 0 Å². The Kier molecular flexibility index (Phi) is 3.94. The highest BCUT2D eigenvalue weighted by Crippen LogP contribution is 2.29. The molecule has 1 aromatic carbocycles. The third-order valence-corrected chi connectivity index (χ3v) is 3.92. The fourth-order valence-electron chi connectivity index (χ4n) is 1.62. The van der Waals surface area contributed by atoms with Gasteiger partial charge < -0.3 is 10.5 Å². The number of aromatic nitrogens is 1. The molecule has 0 bridgehead atoms. The van der Waals surface area contributed by atoms with Gasteiger partial charge in [-0.15, -0.1) is 0 Å². The number of sulfonamides is 1. The van der Waals surface area contributed by atoms with Crippen LogP contribution < -0.4 is 15.2 Å². The molecule has 0 unspecified atom stereocenters. The minimum atomic E-state index is -4.20. The lowest BCUT2D eigenvalue weighted by atomic mass is 10.3. The van der Waals surface area contributed by atoms with Crippen molar-refractivity contribution in [3.8, 4) is 5.75 Å². The van der Waals surface area contributed by atoms with Gasteiger partial charge in [-0.2, -0.15) is 0 Å². The summed E-state index contributed by atoms with van der Waals surface area (Å²) >= 11 is 0. The molecule has 2 aromatic rings. The highest BCUT2D eigenvalue weighted by molar-refractivity contribution is 7.92. The topological polar surface area (TPSA) is 94.3 Å². The second-order valence-electron chi connectivity index (χ2n) is 3.99. The van der Waals surface area contributed by atoms with Crippen molar-refractivity contribution in [2.24, 2.45) is 0 Å². The molecule has 21 heavy (non-hydrogen) atoms.